The molecule has 0 aliphatic rings. The Balaban J connectivity index is 3.08. The molecule has 0 bridgehead atoms. The molecule has 0 aromatic heterocycles. The topological polar surface area (TPSA) is 55.5 Å². The fourth-order valence-electron chi connectivity index (χ4n) is 1.39. The van der Waals surface area contributed by atoms with E-state index in [1.165, 1.54) is 0 Å². The molecule has 0 fully saturated rings. The Kier molecular flexibility index (Phi) is 3.92. The van der Waals surface area contributed by atoms with Crippen LogP contribution in [-0.2, 0) is 6.61 Å². The van der Waals surface area contributed by atoms with E-state index in [-0.39, 0.29) is 12.6 Å². The van der Waals surface area contributed by atoms with Crippen LogP contribution in [0.1, 0.15) is 30.5 Å². The largest absolute Gasteiger partial charge is 0.496 e. The molecule has 0 aliphatic heterocycles. The van der Waals surface area contributed by atoms with Gasteiger partial charge in [0.05, 0.1) is 13.7 Å². The molecule has 0 spiro atoms. The molecule has 3 N–H and O–H groups in total. The van der Waals surface area contributed by atoms with Crippen molar-refractivity contribution in [3.05, 3.63) is 29.3 Å². The van der Waals surface area contributed by atoms with Crippen LogP contribution in [-0.4, -0.2) is 12.2 Å². The lowest BCUT2D eigenvalue weighted by atomic mass is 10.0. The van der Waals surface area contributed by atoms with Gasteiger partial charge in [0.25, 0.3) is 0 Å². The van der Waals surface area contributed by atoms with E-state index in [0.717, 1.165) is 23.3 Å². The molecule has 0 amide bonds. The van der Waals surface area contributed by atoms with Crippen LogP contribution >= 0.6 is 0 Å². The molecule has 3 heteroatoms. The number of hydrogen-bond acceptors (Lipinski definition) is 3. The molecular weight excluding hydrogens is 178 g/mol. The third kappa shape index (κ3) is 2.25. The van der Waals surface area contributed by atoms with E-state index >= 15 is 0 Å². The smallest absolute Gasteiger partial charge is 0.123 e. The van der Waals surface area contributed by atoms with E-state index in [1.54, 1.807) is 7.11 Å². The van der Waals surface area contributed by atoms with E-state index in [0.29, 0.717) is 0 Å². The molecule has 0 aliphatic carbocycles. The fraction of sp³-hybridized carbons (Fsp3) is 0.455. The van der Waals surface area contributed by atoms with Gasteiger partial charge in [0.15, 0.2) is 0 Å². The van der Waals surface area contributed by atoms with Gasteiger partial charge in [0.2, 0.25) is 0 Å². The average molecular weight is 195 g/mol. The van der Waals surface area contributed by atoms with E-state index < -0.39 is 0 Å². The Morgan fingerprint density at radius 3 is 2.71 bits per heavy atom. The predicted octanol–water partition coefficient (Wildman–Crippen LogP) is 1.60. The first-order valence-corrected chi connectivity index (χ1v) is 4.76. The third-order valence-corrected chi connectivity index (χ3v) is 2.32. The zero-order valence-electron chi connectivity index (χ0n) is 8.66. The molecule has 0 heterocycles. The molecule has 1 aromatic rings. The van der Waals surface area contributed by atoms with Crippen molar-refractivity contribution in [2.24, 2.45) is 5.73 Å². The highest BCUT2D eigenvalue weighted by Crippen LogP contribution is 2.26. The van der Waals surface area contributed by atoms with E-state index in [2.05, 4.69) is 0 Å². The minimum Gasteiger partial charge on any atom is -0.496 e. The third-order valence-electron chi connectivity index (χ3n) is 2.32. The summed E-state index contributed by atoms with van der Waals surface area (Å²) in [6.45, 7) is 2.06. The second-order valence-corrected chi connectivity index (χ2v) is 3.25. The van der Waals surface area contributed by atoms with E-state index in [1.807, 2.05) is 25.1 Å². The molecule has 0 saturated heterocycles. The Bertz CT molecular complexity index is 299. The standard InChI is InChI=1S/C11H17NO2/c1-3-10(12)9-6-8(7-13)4-5-11(9)14-2/h4-6,10,13H,3,7,12H2,1-2H3/t10-/m1/s1. The van der Waals surface area contributed by atoms with Gasteiger partial charge in [0, 0.05) is 11.6 Å². The van der Waals surface area contributed by atoms with Gasteiger partial charge >= 0.3 is 0 Å². The van der Waals surface area contributed by atoms with Crippen LogP contribution < -0.4 is 10.5 Å². The number of benzene rings is 1. The summed E-state index contributed by atoms with van der Waals surface area (Å²) >= 11 is 0. The summed E-state index contributed by atoms with van der Waals surface area (Å²) in [5.41, 5.74) is 7.76. The maximum atomic E-state index is 9.00. The van der Waals surface area contributed by atoms with Gasteiger partial charge < -0.3 is 15.6 Å². The summed E-state index contributed by atoms with van der Waals surface area (Å²) in [5.74, 6) is 0.788. The first kappa shape index (κ1) is 11.0. The monoisotopic (exact) mass is 195 g/mol. The molecule has 0 radical (unpaired) electrons. The average Bonchev–Trinajstić information content (AvgIpc) is 2.27. The van der Waals surface area contributed by atoms with Crippen molar-refractivity contribution >= 4 is 0 Å². The lowest BCUT2D eigenvalue weighted by Crippen LogP contribution is -2.10. The van der Waals surface area contributed by atoms with Gasteiger partial charge in [-0.15, -0.1) is 0 Å². The minimum absolute atomic E-state index is 0.0311. The Morgan fingerprint density at radius 2 is 2.21 bits per heavy atom. The van der Waals surface area contributed by atoms with Crippen molar-refractivity contribution in [2.45, 2.75) is 26.0 Å². The first-order valence-electron chi connectivity index (χ1n) is 4.76. The first-order chi connectivity index (χ1) is 6.72. The summed E-state index contributed by atoms with van der Waals surface area (Å²) < 4.78 is 5.21. The van der Waals surface area contributed by atoms with Gasteiger partial charge in [-0.25, -0.2) is 0 Å². The number of aliphatic hydroxyl groups is 1. The number of aliphatic hydroxyl groups excluding tert-OH is 1. The van der Waals surface area contributed by atoms with E-state index in [4.69, 9.17) is 15.6 Å². The lowest BCUT2D eigenvalue weighted by molar-refractivity contribution is 0.281. The molecule has 0 saturated carbocycles. The van der Waals surface area contributed by atoms with Crippen LogP contribution in [0.2, 0.25) is 0 Å². The maximum absolute atomic E-state index is 9.00. The van der Waals surface area contributed by atoms with Crippen molar-refractivity contribution < 1.29 is 9.84 Å². The second-order valence-electron chi connectivity index (χ2n) is 3.25. The van der Waals surface area contributed by atoms with E-state index in [9.17, 15) is 0 Å². The van der Waals surface area contributed by atoms with Gasteiger partial charge in [-0.1, -0.05) is 13.0 Å². The summed E-state index contributed by atoms with van der Waals surface area (Å²) in [6.07, 6.45) is 0.852. The SMILES string of the molecule is CC[C@@H](N)c1cc(CO)ccc1OC. The van der Waals surface area contributed by atoms with Crippen LogP contribution in [0, 0.1) is 0 Å². The van der Waals surface area contributed by atoms with Gasteiger partial charge in [-0.2, -0.15) is 0 Å². The lowest BCUT2D eigenvalue weighted by Gasteiger charge is -2.14. The molecular formula is C11H17NO2. The van der Waals surface area contributed by atoms with Crippen LogP contribution in [0.5, 0.6) is 5.75 Å². The normalized spacial score (nSPS) is 12.6. The molecule has 14 heavy (non-hydrogen) atoms. The molecule has 1 atom stereocenters. The van der Waals surface area contributed by atoms with Crippen molar-refractivity contribution in [1.29, 1.82) is 0 Å². The highest BCUT2D eigenvalue weighted by atomic mass is 16.5. The summed E-state index contributed by atoms with van der Waals surface area (Å²) in [6, 6.07) is 5.55. The number of hydrogen-bond donors (Lipinski definition) is 2. The zero-order chi connectivity index (χ0) is 10.6. The summed E-state index contributed by atoms with van der Waals surface area (Å²) in [7, 11) is 1.62. The quantitative estimate of drug-likeness (QED) is 0.767. The zero-order valence-corrected chi connectivity index (χ0v) is 8.66. The van der Waals surface area contributed by atoms with Gasteiger partial charge in [-0.05, 0) is 24.1 Å². The molecule has 3 nitrogen and oxygen atoms in total. The van der Waals surface area contributed by atoms with Crippen LogP contribution in [0.3, 0.4) is 0 Å². The molecule has 78 valence electrons. The van der Waals surface area contributed by atoms with Crippen molar-refractivity contribution in [1.82, 2.24) is 0 Å². The van der Waals surface area contributed by atoms with Crippen molar-refractivity contribution in [2.75, 3.05) is 7.11 Å². The van der Waals surface area contributed by atoms with Crippen LogP contribution in [0.4, 0.5) is 0 Å². The molecule has 1 rings (SSSR count). The van der Waals surface area contributed by atoms with Crippen molar-refractivity contribution in [3.8, 4) is 5.75 Å². The highest BCUT2D eigenvalue weighted by Gasteiger charge is 2.10. The number of nitrogens with two attached hydrogens (primary N) is 1. The maximum Gasteiger partial charge on any atom is 0.123 e. The van der Waals surface area contributed by atoms with Crippen LogP contribution in [0.25, 0.3) is 0 Å². The molecule has 1 aromatic carbocycles. The Labute approximate surface area is 84.5 Å². The Hall–Kier alpha value is -1.06. The van der Waals surface area contributed by atoms with Crippen LogP contribution in [0.15, 0.2) is 18.2 Å². The summed E-state index contributed by atoms with van der Waals surface area (Å²) in [5, 5.41) is 9.00. The van der Waals surface area contributed by atoms with Gasteiger partial charge in [-0.3, -0.25) is 0 Å². The highest BCUT2D eigenvalue weighted by molar-refractivity contribution is 5.39. The van der Waals surface area contributed by atoms with Gasteiger partial charge in [0.1, 0.15) is 5.75 Å². The molecule has 0 unspecified atom stereocenters. The predicted molar refractivity (Wildman–Crippen MR) is 56.1 cm³/mol. The van der Waals surface area contributed by atoms with Crippen molar-refractivity contribution in [3.63, 3.8) is 0 Å². The summed E-state index contributed by atoms with van der Waals surface area (Å²) in [4.78, 5) is 0. The second kappa shape index (κ2) is 4.98. The number of ether oxygens (including phenoxy) is 1. The number of rotatable bonds is 4. The fourth-order valence-corrected chi connectivity index (χ4v) is 1.39. The Morgan fingerprint density at radius 1 is 1.50 bits per heavy atom. The number of methoxy groups -OCH3 is 1. The minimum atomic E-state index is -0.0311.